The third-order valence-corrected chi connectivity index (χ3v) is 18.3. The Balaban J connectivity index is 0.000000131. The van der Waals surface area contributed by atoms with Crippen molar-refractivity contribution in [3.63, 3.8) is 0 Å². The standard InChI is InChI=1S/C46H30.C30H19Br.C10H8BO2/c1-2-12-31(13-3-1)37-27-25-33-16-11-23-43(44(33)30-37)46-41-21-8-6-19-39(41)45(40-20-7-9-22-42(40)46)38-18-10-17-35(29-38)36-26-24-32-14-4-5-15-34(32)28-36;31-30-26-14-6-4-12-23(26)29(24-13-5-7-15-27(24)30)25-16-8-11-21-17-18-22(19-28(21)25)20-9-2-1-3-10-20;12-11-13-10-6-5-8-3-1-2-4-9(8)7-10/h1-30H;1-19H;1-7,12H. The predicted molar refractivity (Wildman–Crippen MR) is 388 cm³/mol. The van der Waals surface area contributed by atoms with Crippen molar-refractivity contribution < 1.29 is 9.68 Å². The quantitative estimate of drug-likeness (QED) is 0.121. The van der Waals surface area contributed by atoms with Gasteiger partial charge in [0, 0.05) is 4.47 Å². The Morgan fingerprint density at radius 2 is 0.556 bits per heavy atom. The van der Waals surface area contributed by atoms with Crippen molar-refractivity contribution in [3.05, 3.63) is 344 Å². The van der Waals surface area contributed by atoms with Gasteiger partial charge in [-0.1, -0.05) is 303 Å². The molecular formula is C86H57BBrO2. The van der Waals surface area contributed by atoms with E-state index in [0.29, 0.717) is 13.4 Å². The van der Waals surface area contributed by atoms with Gasteiger partial charge in [0.25, 0.3) is 0 Å². The second-order valence-corrected chi connectivity index (χ2v) is 23.5. The van der Waals surface area contributed by atoms with Gasteiger partial charge < -0.3 is 9.68 Å². The van der Waals surface area contributed by atoms with E-state index in [9.17, 15) is 0 Å². The lowest BCUT2D eigenvalue weighted by atomic mass is 9.84. The Bertz CT molecular complexity index is 5410. The minimum absolute atomic E-state index is 0.640. The predicted octanol–water partition coefficient (Wildman–Crippen LogP) is 24.0. The summed E-state index contributed by atoms with van der Waals surface area (Å²) >= 11 is 3.88. The molecule has 17 rings (SSSR count). The fourth-order valence-electron chi connectivity index (χ4n) is 13.2. The lowest BCUT2D eigenvalue weighted by Gasteiger charge is -2.19. The van der Waals surface area contributed by atoms with Gasteiger partial charge in [0.1, 0.15) is 5.75 Å². The molecule has 1 radical (unpaired) electrons. The maximum Gasteiger partial charge on any atom is 0.569 e. The van der Waals surface area contributed by atoms with Crippen molar-refractivity contribution in [1.82, 2.24) is 0 Å². The molecule has 2 nitrogen and oxygen atoms in total. The van der Waals surface area contributed by atoms with Crippen LogP contribution in [0.3, 0.4) is 0 Å². The molecule has 0 aliphatic carbocycles. The summed E-state index contributed by atoms with van der Waals surface area (Å²) in [6.45, 7) is 0. The molecule has 0 aromatic heterocycles. The summed E-state index contributed by atoms with van der Waals surface area (Å²) in [5.74, 6) is 0.640. The van der Waals surface area contributed by atoms with Crippen molar-refractivity contribution >= 4 is 110 Å². The second kappa shape index (κ2) is 24.7. The molecule has 0 saturated carbocycles. The van der Waals surface area contributed by atoms with Crippen molar-refractivity contribution in [2.75, 3.05) is 0 Å². The van der Waals surface area contributed by atoms with Crippen molar-refractivity contribution in [3.8, 4) is 72.5 Å². The van der Waals surface area contributed by atoms with Crippen LogP contribution >= 0.6 is 15.9 Å². The zero-order chi connectivity index (χ0) is 60.3. The van der Waals surface area contributed by atoms with Crippen LogP contribution in [0.5, 0.6) is 5.75 Å². The van der Waals surface area contributed by atoms with Gasteiger partial charge >= 0.3 is 7.69 Å². The van der Waals surface area contributed by atoms with Crippen LogP contribution in [0.1, 0.15) is 0 Å². The summed E-state index contributed by atoms with van der Waals surface area (Å²) in [6, 6.07) is 122. The number of rotatable bonds is 8. The van der Waals surface area contributed by atoms with Crippen LogP contribution in [0, 0.1) is 0 Å². The second-order valence-electron chi connectivity index (χ2n) is 22.7. The van der Waals surface area contributed by atoms with Crippen LogP contribution in [0.2, 0.25) is 0 Å². The van der Waals surface area contributed by atoms with Gasteiger partial charge in [0.15, 0.2) is 0 Å². The summed E-state index contributed by atoms with van der Waals surface area (Å²) in [7, 11) is 0.685. The minimum Gasteiger partial charge on any atom is -0.537 e. The highest BCUT2D eigenvalue weighted by molar-refractivity contribution is 9.10. The van der Waals surface area contributed by atoms with E-state index in [1.54, 1.807) is 0 Å². The van der Waals surface area contributed by atoms with E-state index in [0.717, 1.165) is 15.2 Å². The Labute approximate surface area is 532 Å². The third kappa shape index (κ3) is 10.7. The maximum absolute atomic E-state index is 8.44. The largest absolute Gasteiger partial charge is 0.569 e. The first-order valence-corrected chi connectivity index (χ1v) is 31.2. The zero-order valence-corrected chi connectivity index (χ0v) is 50.7. The smallest absolute Gasteiger partial charge is 0.537 e. The zero-order valence-electron chi connectivity index (χ0n) is 49.1. The van der Waals surface area contributed by atoms with E-state index < -0.39 is 0 Å². The molecule has 0 unspecified atom stereocenters. The highest BCUT2D eigenvalue weighted by Gasteiger charge is 2.20. The van der Waals surface area contributed by atoms with Crippen LogP contribution < -0.4 is 4.65 Å². The molecule has 0 saturated heterocycles. The van der Waals surface area contributed by atoms with Crippen molar-refractivity contribution in [1.29, 1.82) is 0 Å². The van der Waals surface area contributed by atoms with E-state index in [1.807, 2.05) is 42.5 Å². The van der Waals surface area contributed by atoms with Gasteiger partial charge in [-0.15, -0.1) is 0 Å². The maximum atomic E-state index is 8.44. The Morgan fingerprint density at radius 3 is 1.04 bits per heavy atom. The molecule has 0 fully saturated rings. The Morgan fingerprint density at radius 1 is 0.222 bits per heavy atom. The van der Waals surface area contributed by atoms with Gasteiger partial charge in [-0.25, -0.2) is 0 Å². The van der Waals surface area contributed by atoms with Gasteiger partial charge in [-0.2, -0.15) is 0 Å². The lowest BCUT2D eigenvalue weighted by Crippen LogP contribution is -1.99. The van der Waals surface area contributed by atoms with Crippen LogP contribution in [0.4, 0.5) is 0 Å². The number of benzene rings is 17. The molecule has 0 atom stereocenters. The highest BCUT2D eigenvalue weighted by Crippen LogP contribution is 2.48. The number of hydrogen-bond acceptors (Lipinski definition) is 2. The molecule has 0 aliphatic heterocycles. The number of hydrogen-bond donors (Lipinski definition) is 1. The molecular weight excluding hydrogens is 1160 g/mol. The summed E-state index contributed by atoms with van der Waals surface area (Å²) in [5, 5.41) is 28.4. The minimum atomic E-state index is 0.640. The van der Waals surface area contributed by atoms with E-state index >= 15 is 0 Å². The molecule has 4 heteroatoms. The Kier molecular flexibility index (Phi) is 15.3. The van der Waals surface area contributed by atoms with Gasteiger partial charge in [0.2, 0.25) is 0 Å². The molecule has 423 valence electrons. The summed E-state index contributed by atoms with van der Waals surface area (Å²) in [6.07, 6.45) is 0. The van der Waals surface area contributed by atoms with Crippen LogP contribution in [0.15, 0.2) is 344 Å². The third-order valence-electron chi connectivity index (χ3n) is 17.5. The number of halogens is 1. The van der Waals surface area contributed by atoms with E-state index in [1.165, 1.54) is 142 Å². The molecule has 0 spiro atoms. The van der Waals surface area contributed by atoms with E-state index in [-0.39, 0.29) is 0 Å². The first-order valence-electron chi connectivity index (χ1n) is 30.4. The molecule has 0 bridgehead atoms. The Hall–Kier alpha value is -10.9. The topological polar surface area (TPSA) is 29.5 Å². The molecule has 17 aromatic carbocycles. The molecule has 1 N–H and O–H groups in total. The molecule has 0 heterocycles. The van der Waals surface area contributed by atoms with Crippen molar-refractivity contribution in [2.45, 2.75) is 0 Å². The van der Waals surface area contributed by atoms with E-state index in [2.05, 4.69) is 313 Å². The lowest BCUT2D eigenvalue weighted by molar-refractivity contribution is 0.454. The molecule has 90 heavy (non-hydrogen) atoms. The van der Waals surface area contributed by atoms with E-state index in [4.69, 9.17) is 9.68 Å². The normalized spacial score (nSPS) is 11.2. The summed E-state index contributed by atoms with van der Waals surface area (Å²) in [5.41, 5.74) is 15.0. The molecule has 0 aliphatic rings. The van der Waals surface area contributed by atoms with Crippen LogP contribution in [0.25, 0.3) is 153 Å². The fraction of sp³-hybridized carbons (Fsp3) is 0. The first kappa shape index (κ1) is 55.7. The van der Waals surface area contributed by atoms with Crippen LogP contribution in [-0.4, -0.2) is 12.7 Å². The average Bonchev–Trinajstić information content (AvgIpc) is 0.799. The molecule has 17 aromatic rings. The number of fused-ring (bicyclic) bond motifs is 8. The molecule has 0 amide bonds. The first-order chi connectivity index (χ1) is 44.5. The van der Waals surface area contributed by atoms with Gasteiger partial charge in [-0.3, -0.25) is 0 Å². The van der Waals surface area contributed by atoms with Crippen molar-refractivity contribution in [2.24, 2.45) is 0 Å². The summed E-state index contributed by atoms with van der Waals surface area (Å²) in [4.78, 5) is 0. The van der Waals surface area contributed by atoms with Gasteiger partial charge in [0.05, 0.1) is 0 Å². The fourth-order valence-corrected chi connectivity index (χ4v) is 13.9. The monoisotopic (exact) mass is 1210 g/mol. The average molecular weight is 1210 g/mol. The SMILES string of the molecule is Brc1c2ccccc2c(-c2cccc3ccc(-c4ccccc4)cc23)c2ccccc12.O[B]Oc1ccc2ccccc2c1.c1ccc(-c2ccc3cccc(-c4c5ccccc5c(-c5cccc(-c6ccc7ccccc7c6)c5)c5ccccc45)c3c2)cc1. The van der Waals surface area contributed by atoms with Crippen LogP contribution in [-0.2, 0) is 0 Å². The van der Waals surface area contributed by atoms with Gasteiger partial charge in [-0.05, 0) is 205 Å². The highest BCUT2D eigenvalue weighted by atomic mass is 79.9. The summed E-state index contributed by atoms with van der Waals surface area (Å²) < 4.78 is 6.00.